The van der Waals surface area contributed by atoms with Gasteiger partial charge in [0.15, 0.2) is 5.82 Å². The molecule has 0 unspecified atom stereocenters. The predicted molar refractivity (Wildman–Crippen MR) is 86.7 cm³/mol. The van der Waals surface area contributed by atoms with Crippen LogP contribution in [0, 0.1) is 13.8 Å². The van der Waals surface area contributed by atoms with Crippen molar-refractivity contribution in [3.8, 4) is 5.75 Å². The van der Waals surface area contributed by atoms with Crippen LogP contribution in [0.3, 0.4) is 0 Å². The number of aryl methyl sites for hydroxylation is 1. The summed E-state index contributed by atoms with van der Waals surface area (Å²) in [7, 11) is 0. The standard InChI is InChI=1S/C17H19N3O3/c1-10(2)20-16(18-9-19-20)8-22-13-5-6-14-11(3)12(4)17(21)23-15(14)7-13/h5-7,9-10H,8H2,1-4H3. The first-order valence-electron chi connectivity index (χ1n) is 7.52. The summed E-state index contributed by atoms with van der Waals surface area (Å²) in [5.41, 5.74) is 1.78. The van der Waals surface area contributed by atoms with Crippen LogP contribution >= 0.6 is 0 Å². The van der Waals surface area contributed by atoms with E-state index in [1.54, 1.807) is 13.0 Å². The van der Waals surface area contributed by atoms with Gasteiger partial charge in [0.25, 0.3) is 0 Å². The molecule has 0 amide bonds. The van der Waals surface area contributed by atoms with Crippen molar-refractivity contribution in [1.82, 2.24) is 14.8 Å². The number of fused-ring (bicyclic) bond motifs is 1. The molecule has 3 rings (SSSR count). The molecule has 6 nitrogen and oxygen atoms in total. The number of rotatable bonds is 4. The molecular formula is C17H19N3O3. The van der Waals surface area contributed by atoms with Crippen molar-refractivity contribution in [2.24, 2.45) is 0 Å². The molecule has 0 fully saturated rings. The first kappa shape index (κ1) is 15.3. The van der Waals surface area contributed by atoms with Gasteiger partial charge in [0, 0.05) is 23.1 Å². The van der Waals surface area contributed by atoms with Gasteiger partial charge in [-0.05, 0) is 45.4 Å². The number of hydrogen-bond donors (Lipinski definition) is 0. The van der Waals surface area contributed by atoms with Crippen LogP contribution in [0.25, 0.3) is 11.0 Å². The third-order valence-electron chi connectivity index (χ3n) is 3.93. The molecule has 0 saturated carbocycles. The molecule has 0 aliphatic rings. The van der Waals surface area contributed by atoms with E-state index in [1.807, 2.05) is 37.6 Å². The molecule has 0 radical (unpaired) electrons. The highest BCUT2D eigenvalue weighted by Crippen LogP contribution is 2.24. The van der Waals surface area contributed by atoms with Gasteiger partial charge in [-0.25, -0.2) is 14.5 Å². The van der Waals surface area contributed by atoms with Gasteiger partial charge in [-0.1, -0.05) is 0 Å². The maximum Gasteiger partial charge on any atom is 0.339 e. The molecule has 1 aromatic carbocycles. The van der Waals surface area contributed by atoms with Crippen molar-refractivity contribution in [1.29, 1.82) is 0 Å². The van der Waals surface area contributed by atoms with Gasteiger partial charge in [-0.3, -0.25) is 0 Å². The van der Waals surface area contributed by atoms with E-state index < -0.39 is 0 Å². The predicted octanol–water partition coefficient (Wildman–Crippen LogP) is 3.16. The minimum atomic E-state index is -0.313. The number of benzene rings is 1. The topological polar surface area (TPSA) is 70.2 Å². The molecule has 23 heavy (non-hydrogen) atoms. The zero-order valence-corrected chi connectivity index (χ0v) is 13.7. The van der Waals surface area contributed by atoms with Crippen molar-refractivity contribution in [3.63, 3.8) is 0 Å². The van der Waals surface area contributed by atoms with Crippen LogP contribution < -0.4 is 10.4 Å². The number of ether oxygens (including phenoxy) is 1. The first-order chi connectivity index (χ1) is 11.0. The number of hydrogen-bond acceptors (Lipinski definition) is 5. The van der Waals surface area contributed by atoms with E-state index in [1.165, 1.54) is 6.33 Å². The van der Waals surface area contributed by atoms with E-state index in [2.05, 4.69) is 10.1 Å². The highest BCUT2D eigenvalue weighted by molar-refractivity contribution is 5.82. The maximum atomic E-state index is 11.8. The van der Waals surface area contributed by atoms with E-state index in [4.69, 9.17) is 9.15 Å². The van der Waals surface area contributed by atoms with E-state index in [0.717, 1.165) is 16.8 Å². The molecule has 0 N–H and O–H groups in total. The quantitative estimate of drug-likeness (QED) is 0.692. The molecule has 0 atom stereocenters. The molecular weight excluding hydrogens is 294 g/mol. The molecule has 0 spiro atoms. The van der Waals surface area contributed by atoms with E-state index in [-0.39, 0.29) is 11.7 Å². The van der Waals surface area contributed by atoms with Crippen LogP contribution in [0.5, 0.6) is 5.75 Å². The number of nitrogens with zero attached hydrogens (tertiary/aromatic N) is 3. The first-order valence-corrected chi connectivity index (χ1v) is 7.52. The minimum absolute atomic E-state index is 0.219. The number of aromatic nitrogens is 3. The van der Waals surface area contributed by atoms with Crippen LogP contribution in [-0.4, -0.2) is 14.8 Å². The minimum Gasteiger partial charge on any atom is -0.485 e. The fourth-order valence-electron chi connectivity index (χ4n) is 2.47. The molecule has 0 aliphatic heterocycles. The Kier molecular flexibility index (Phi) is 3.90. The average molecular weight is 313 g/mol. The third kappa shape index (κ3) is 2.84. The van der Waals surface area contributed by atoms with Crippen LogP contribution in [0.1, 0.15) is 36.8 Å². The Hall–Kier alpha value is -2.63. The normalized spacial score (nSPS) is 11.3. The van der Waals surface area contributed by atoms with E-state index >= 15 is 0 Å². The summed E-state index contributed by atoms with van der Waals surface area (Å²) in [5, 5.41) is 5.09. The molecule has 6 heteroatoms. The zero-order chi connectivity index (χ0) is 16.6. The fourth-order valence-corrected chi connectivity index (χ4v) is 2.47. The van der Waals surface area contributed by atoms with Gasteiger partial charge in [-0.2, -0.15) is 5.10 Å². The van der Waals surface area contributed by atoms with E-state index in [9.17, 15) is 4.79 Å². The van der Waals surface area contributed by atoms with Crippen molar-refractivity contribution < 1.29 is 9.15 Å². The molecule has 2 heterocycles. The van der Waals surface area contributed by atoms with Crippen molar-refractivity contribution in [3.05, 3.63) is 51.9 Å². The van der Waals surface area contributed by atoms with Gasteiger partial charge in [0.2, 0.25) is 0 Å². The monoisotopic (exact) mass is 313 g/mol. The molecule has 120 valence electrons. The van der Waals surface area contributed by atoms with E-state index in [0.29, 0.717) is 23.5 Å². The summed E-state index contributed by atoms with van der Waals surface area (Å²) < 4.78 is 12.9. The largest absolute Gasteiger partial charge is 0.485 e. The second-order valence-corrected chi connectivity index (χ2v) is 5.80. The van der Waals surface area contributed by atoms with Gasteiger partial charge in [0.1, 0.15) is 24.3 Å². The second kappa shape index (κ2) is 5.87. The van der Waals surface area contributed by atoms with Gasteiger partial charge in [0.05, 0.1) is 0 Å². The third-order valence-corrected chi connectivity index (χ3v) is 3.93. The highest BCUT2D eigenvalue weighted by atomic mass is 16.5. The van der Waals surface area contributed by atoms with Crippen LogP contribution in [0.15, 0.2) is 33.7 Å². The Morgan fingerprint density at radius 3 is 2.78 bits per heavy atom. The Morgan fingerprint density at radius 2 is 2.04 bits per heavy atom. The molecule has 3 aromatic rings. The van der Waals surface area contributed by atoms with Gasteiger partial charge >= 0.3 is 5.63 Å². The SMILES string of the molecule is Cc1c(C)c2ccc(OCc3ncnn3C(C)C)cc2oc1=O. The maximum absolute atomic E-state index is 11.8. The summed E-state index contributed by atoms with van der Waals surface area (Å²) in [6.45, 7) is 8.06. The van der Waals surface area contributed by atoms with Gasteiger partial charge in [-0.15, -0.1) is 0 Å². The summed E-state index contributed by atoms with van der Waals surface area (Å²) in [5.74, 6) is 1.38. The lowest BCUT2D eigenvalue weighted by atomic mass is 10.1. The lowest BCUT2D eigenvalue weighted by molar-refractivity contribution is 0.282. The summed E-state index contributed by atoms with van der Waals surface area (Å²) >= 11 is 0. The lowest BCUT2D eigenvalue weighted by Gasteiger charge is -2.11. The summed E-state index contributed by atoms with van der Waals surface area (Å²) in [6, 6.07) is 5.73. The lowest BCUT2D eigenvalue weighted by Crippen LogP contribution is -2.10. The fraction of sp³-hybridized carbons (Fsp3) is 0.353. The Morgan fingerprint density at radius 1 is 1.26 bits per heavy atom. The smallest absolute Gasteiger partial charge is 0.339 e. The van der Waals surface area contributed by atoms with Crippen LogP contribution in [-0.2, 0) is 6.61 Å². The highest BCUT2D eigenvalue weighted by Gasteiger charge is 2.11. The molecule has 0 bridgehead atoms. The summed E-state index contributed by atoms with van der Waals surface area (Å²) in [6.07, 6.45) is 1.52. The van der Waals surface area contributed by atoms with Crippen LogP contribution in [0.4, 0.5) is 0 Å². The second-order valence-electron chi connectivity index (χ2n) is 5.80. The molecule has 0 aliphatic carbocycles. The summed E-state index contributed by atoms with van der Waals surface area (Å²) in [4.78, 5) is 16.0. The van der Waals surface area contributed by atoms with Crippen molar-refractivity contribution >= 4 is 11.0 Å². The molecule has 0 saturated heterocycles. The van der Waals surface area contributed by atoms with Crippen molar-refractivity contribution in [2.75, 3.05) is 0 Å². The Bertz CT molecular complexity index is 909. The van der Waals surface area contributed by atoms with Crippen molar-refractivity contribution in [2.45, 2.75) is 40.3 Å². The molecule has 2 aromatic heterocycles. The van der Waals surface area contributed by atoms with Gasteiger partial charge < -0.3 is 9.15 Å². The van der Waals surface area contributed by atoms with Crippen LogP contribution in [0.2, 0.25) is 0 Å². The Labute approximate surface area is 133 Å². The average Bonchev–Trinajstić information content (AvgIpc) is 2.99. The Balaban J connectivity index is 1.88. The zero-order valence-electron chi connectivity index (χ0n) is 13.7.